The van der Waals surface area contributed by atoms with Crippen LogP contribution in [-0.2, 0) is 6.54 Å². The van der Waals surface area contributed by atoms with Crippen molar-refractivity contribution in [2.24, 2.45) is 0 Å². The highest BCUT2D eigenvalue weighted by atomic mass is 16.6. The van der Waals surface area contributed by atoms with Crippen LogP contribution in [0, 0.1) is 10.1 Å². The molecule has 0 radical (unpaired) electrons. The maximum Gasteiger partial charge on any atom is 0.434 e. The second-order valence-corrected chi connectivity index (χ2v) is 3.27. The van der Waals surface area contributed by atoms with Crippen LogP contribution >= 0.6 is 0 Å². The highest BCUT2D eigenvalue weighted by Crippen LogP contribution is 2.20. The Labute approximate surface area is 81.3 Å². The molecule has 0 amide bonds. The lowest BCUT2D eigenvalue weighted by Crippen LogP contribution is -2.10. The summed E-state index contributed by atoms with van der Waals surface area (Å²) >= 11 is 0. The van der Waals surface area contributed by atoms with E-state index in [9.17, 15) is 10.1 Å². The van der Waals surface area contributed by atoms with E-state index in [1.165, 1.54) is 10.8 Å². The SMILES string of the molecule is CC(C)c1cnc([N+](=O)[O-])n1CCO. The van der Waals surface area contributed by atoms with Gasteiger partial charge in [0.1, 0.15) is 11.9 Å². The third-order valence-electron chi connectivity index (χ3n) is 1.94. The molecule has 6 heteroatoms. The molecule has 0 aliphatic heterocycles. The van der Waals surface area contributed by atoms with E-state index in [0.717, 1.165) is 5.69 Å². The smallest absolute Gasteiger partial charge is 0.393 e. The quantitative estimate of drug-likeness (QED) is 0.577. The summed E-state index contributed by atoms with van der Waals surface area (Å²) in [6.07, 6.45) is 1.48. The molecule has 1 aromatic rings. The standard InChI is InChI=1S/C8H13N3O3/c1-6(2)7-5-9-8(11(13)14)10(7)3-4-12/h5-6,12H,3-4H2,1-2H3. The third kappa shape index (κ3) is 1.90. The summed E-state index contributed by atoms with van der Waals surface area (Å²) in [4.78, 5) is 13.7. The lowest BCUT2D eigenvalue weighted by molar-refractivity contribution is -0.396. The molecule has 6 nitrogen and oxygen atoms in total. The van der Waals surface area contributed by atoms with Crippen LogP contribution in [0.15, 0.2) is 6.20 Å². The minimum absolute atomic E-state index is 0.128. The Balaban J connectivity index is 3.13. The number of nitrogens with zero attached hydrogens (tertiary/aromatic N) is 3. The molecule has 0 unspecified atom stereocenters. The summed E-state index contributed by atoms with van der Waals surface area (Å²) in [5.74, 6) is -0.0505. The highest BCUT2D eigenvalue weighted by molar-refractivity contribution is 5.17. The van der Waals surface area contributed by atoms with Crippen LogP contribution in [0.25, 0.3) is 0 Å². The molecule has 1 aromatic heterocycles. The molecule has 0 fully saturated rings. The summed E-state index contributed by atoms with van der Waals surface area (Å²) < 4.78 is 1.44. The molecule has 1 rings (SSSR count). The number of aliphatic hydroxyl groups excluding tert-OH is 1. The van der Waals surface area contributed by atoms with Crippen molar-refractivity contribution in [3.63, 3.8) is 0 Å². The molecule has 0 atom stereocenters. The monoisotopic (exact) mass is 199 g/mol. The van der Waals surface area contributed by atoms with Gasteiger partial charge in [0.25, 0.3) is 0 Å². The van der Waals surface area contributed by atoms with E-state index >= 15 is 0 Å². The molecule has 78 valence electrons. The van der Waals surface area contributed by atoms with Crippen LogP contribution < -0.4 is 0 Å². The second kappa shape index (κ2) is 4.19. The Morgan fingerprint density at radius 2 is 2.36 bits per heavy atom. The zero-order valence-electron chi connectivity index (χ0n) is 8.17. The van der Waals surface area contributed by atoms with E-state index < -0.39 is 4.92 Å². The van der Waals surface area contributed by atoms with E-state index in [-0.39, 0.29) is 25.0 Å². The Morgan fingerprint density at radius 1 is 1.71 bits per heavy atom. The molecule has 0 spiro atoms. The van der Waals surface area contributed by atoms with E-state index in [4.69, 9.17) is 5.11 Å². The number of imidazole rings is 1. The highest BCUT2D eigenvalue weighted by Gasteiger charge is 2.21. The normalized spacial score (nSPS) is 10.9. The minimum atomic E-state index is -0.540. The number of hydrogen-bond donors (Lipinski definition) is 1. The molecule has 0 saturated carbocycles. The van der Waals surface area contributed by atoms with Crippen molar-refractivity contribution in [1.82, 2.24) is 9.55 Å². The number of aromatic nitrogens is 2. The first kappa shape index (κ1) is 10.6. The average molecular weight is 199 g/mol. The maximum absolute atomic E-state index is 10.6. The molecule has 0 aliphatic carbocycles. The summed E-state index contributed by atoms with van der Waals surface area (Å²) in [6.45, 7) is 3.93. The fourth-order valence-electron chi connectivity index (χ4n) is 1.31. The van der Waals surface area contributed by atoms with Gasteiger partial charge in [0.15, 0.2) is 0 Å². The molecule has 1 N–H and O–H groups in total. The van der Waals surface area contributed by atoms with Crippen molar-refractivity contribution >= 4 is 5.95 Å². The van der Waals surface area contributed by atoms with Crippen molar-refractivity contribution in [2.45, 2.75) is 26.3 Å². The first-order chi connectivity index (χ1) is 6.57. The summed E-state index contributed by atoms with van der Waals surface area (Å²) in [6, 6.07) is 0. The van der Waals surface area contributed by atoms with Crippen molar-refractivity contribution in [3.8, 4) is 0 Å². The van der Waals surface area contributed by atoms with E-state index in [1.54, 1.807) is 0 Å². The van der Waals surface area contributed by atoms with Crippen LogP contribution in [0.5, 0.6) is 0 Å². The van der Waals surface area contributed by atoms with Crippen LogP contribution in [0.1, 0.15) is 25.5 Å². The molecule has 0 saturated heterocycles. The Hall–Kier alpha value is -1.43. The van der Waals surface area contributed by atoms with Crippen LogP contribution in [0.4, 0.5) is 5.95 Å². The van der Waals surface area contributed by atoms with Crippen LogP contribution in [0.2, 0.25) is 0 Å². The van der Waals surface area contributed by atoms with Crippen LogP contribution in [0.3, 0.4) is 0 Å². The molecule has 0 bridgehead atoms. The topological polar surface area (TPSA) is 81.2 Å². The molecular weight excluding hydrogens is 186 g/mol. The second-order valence-electron chi connectivity index (χ2n) is 3.27. The lowest BCUT2D eigenvalue weighted by Gasteiger charge is -2.05. The van der Waals surface area contributed by atoms with Gasteiger partial charge in [-0.1, -0.05) is 18.8 Å². The van der Waals surface area contributed by atoms with Gasteiger partial charge < -0.3 is 15.2 Å². The molecule has 1 heterocycles. The van der Waals surface area contributed by atoms with E-state index in [2.05, 4.69) is 4.98 Å². The van der Waals surface area contributed by atoms with Gasteiger partial charge in [-0.3, -0.25) is 0 Å². The maximum atomic E-state index is 10.6. The number of nitro groups is 1. The predicted octanol–water partition coefficient (Wildman–Crippen LogP) is 0.907. The molecule has 0 aromatic carbocycles. The Bertz CT molecular complexity index is 333. The Morgan fingerprint density at radius 3 is 2.79 bits per heavy atom. The molecular formula is C8H13N3O3. The summed E-state index contributed by atoms with van der Waals surface area (Å²) in [7, 11) is 0. The fraction of sp³-hybridized carbons (Fsp3) is 0.625. The van der Waals surface area contributed by atoms with Gasteiger partial charge in [-0.05, 0) is 4.92 Å². The van der Waals surface area contributed by atoms with Crippen molar-refractivity contribution < 1.29 is 10.0 Å². The fourth-order valence-corrected chi connectivity index (χ4v) is 1.31. The Kier molecular flexibility index (Phi) is 3.19. The largest absolute Gasteiger partial charge is 0.434 e. The average Bonchev–Trinajstić information content (AvgIpc) is 2.48. The van der Waals surface area contributed by atoms with Gasteiger partial charge in [-0.25, -0.2) is 4.57 Å². The van der Waals surface area contributed by atoms with E-state index in [0.29, 0.717) is 0 Å². The first-order valence-electron chi connectivity index (χ1n) is 4.38. The predicted molar refractivity (Wildman–Crippen MR) is 50.1 cm³/mol. The van der Waals surface area contributed by atoms with Gasteiger partial charge >= 0.3 is 5.95 Å². The number of rotatable bonds is 4. The van der Waals surface area contributed by atoms with Gasteiger partial charge in [0.2, 0.25) is 0 Å². The lowest BCUT2D eigenvalue weighted by atomic mass is 10.1. The number of hydrogen-bond acceptors (Lipinski definition) is 4. The minimum Gasteiger partial charge on any atom is -0.393 e. The van der Waals surface area contributed by atoms with E-state index in [1.807, 2.05) is 13.8 Å². The number of aliphatic hydroxyl groups is 1. The van der Waals surface area contributed by atoms with Gasteiger partial charge in [-0.15, -0.1) is 0 Å². The first-order valence-corrected chi connectivity index (χ1v) is 4.38. The third-order valence-corrected chi connectivity index (χ3v) is 1.94. The van der Waals surface area contributed by atoms with Crippen molar-refractivity contribution in [2.75, 3.05) is 6.61 Å². The van der Waals surface area contributed by atoms with Crippen LogP contribution in [-0.4, -0.2) is 26.2 Å². The van der Waals surface area contributed by atoms with Crippen molar-refractivity contribution in [3.05, 3.63) is 22.0 Å². The zero-order chi connectivity index (χ0) is 10.7. The van der Waals surface area contributed by atoms with Crippen molar-refractivity contribution in [1.29, 1.82) is 0 Å². The molecule has 14 heavy (non-hydrogen) atoms. The summed E-state index contributed by atoms with van der Waals surface area (Å²) in [5.41, 5.74) is 0.769. The van der Waals surface area contributed by atoms with Gasteiger partial charge in [-0.2, -0.15) is 0 Å². The van der Waals surface area contributed by atoms with Gasteiger partial charge in [0, 0.05) is 5.92 Å². The van der Waals surface area contributed by atoms with Gasteiger partial charge in [0.05, 0.1) is 13.2 Å². The summed E-state index contributed by atoms with van der Waals surface area (Å²) in [5, 5.41) is 19.4. The molecule has 0 aliphatic rings. The zero-order valence-corrected chi connectivity index (χ0v) is 8.17.